The monoisotopic (exact) mass is 270 g/mol. The molecule has 1 fully saturated rings. The number of carbonyl (C=O) groups excluding carboxylic acids is 1. The highest BCUT2D eigenvalue weighted by Crippen LogP contribution is 2.22. The van der Waals surface area contributed by atoms with Gasteiger partial charge in [-0.2, -0.15) is 11.8 Å². The molecule has 1 unspecified atom stereocenters. The molecular weight excluding hydrogens is 252 g/mol. The third-order valence-corrected chi connectivity index (χ3v) is 5.04. The number of nitrogens with two attached hydrogens (primary N) is 1. The molecule has 0 bridgehead atoms. The Morgan fingerprint density at radius 1 is 1.53 bits per heavy atom. The van der Waals surface area contributed by atoms with Crippen LogP contribution in [0.5, 0.6) is 0 Å². The van der Waals surface area contributed by atoms with Gasteiger partial charge in [0.15, 0.2) is 0 Å². The Balaban J connectivity index is 1.76. The van der Waals surface area contributed by atoms with Crippen LogP contribution in [0.1, 0.15) is 23.8 Å². The maximum Gasteiger partial charge on any atom is 0.242 e. The van der Waals surface area contributed by atoms with E-state index in [4.69, 9.17) is 5.73 Å². The first kappa shape index (κ1) is 12.9. The van der Waals surface area contributed by atoms with Crippen LogP contribution in [0.15, 0.2) is 17.5 Å². The van der Waals surface area contributed by atoms with E-state index >= 15 is 0 Å². The second-order valence-corrected chi connectivity index (χ2v) is 6.50. The lowest BCUT2D eigenvalue weighted by molar-refractivity contribution is -0.122. The summed E-state index contributed by atoms with van der Waals surface area (Å²) in [4.78, 5) is 12.8. The van der Waals surface area contributed by atoms with Gasteiger partial charge in [0.2, 0.25) is 5.91 Å². The zero-order valence-corrected chi connectivity index (χ0v) is 11.4. The molecule has 94 valence electrons. The molecule has 1 amide bonds. The van der Waals surface area contributed by atoms with Crippen LogP contribution in [-0.4, -0.2) is 24.0 Å². The number of rotatable bonds is 4. The fourth-order valence-corrected chi connectivity index (χ4v) is 3.83. The molecular formula is C12H18N2OS2. The van der Waals surface area contributed by atoms with Gasteiger partial charge in [0.05, 0.1) is 0 Å². The molecule has 3 nitrogen and oxygen atoms in total. The van der Waals surface area contributed by atoms with Gasteiger partial charge >= 0.3 is 0 Å². The maximum atomic E-state index is 11.8. The summed E-state index contributed by atoms with van der Waals surface area (Å²) in [5, 5.41) is 4.92. The molecule has 0 spiro atoms. The van der Waals surface area contributed by atoms with E-state index in [1.54, 1.807) is 0 Å². The zero-order chi connectivity index (χ0) is 12.1. The summed E-state index contributed by atoms with van der Waals surface area (Å²) < 4.78 is 0. The predicted octanol–water partition coefficient (Wildman–Crippen LogP) is 2.01. The number of nitrogens with one attached hydrogen (secondary N) is 1. The van der Waals surface area contributed by atoms with E-state index in [0.29, 0.717) is 5.92 Å². The van der Waals surface area contributed by atoms with Gasteiger partial charge in [-0.1, -0.05) is 6.07 Å². The average molecular weight is 270 g/mol. The van der Waals surface area contributed by atoms with E-state index in [1.165, 1.54) is 35.7 Å². The first-order valence-corrected chi connectivity index (χ1v) is 7.95. The van der Waals surface area contributed by atoms with Crippen LogP contribution in [0.3, 0.4) is 0 Å². The minimum Gasteiger partial charge on any atom is -0.354 e. The molecule has 2 heterocycles. The van der Waals surface area contributed by atoms with E-state index < -0.39 is 6.04 Å². The zero-order valence-electron chi connectivity index (χ0n) is 9.72. The molecule has 0 radical (unpaired) electrons. The number of amides is 1. The molecule has 1 aliphatic rings. The first-order chi connectivity index (χ1) is 8.27. The predicted molar refractivity (Wildman–Crippen MR) is 74.3 cm³/mol. The first-order valence-electron chi connectivity index (χ1n) is 5.92. The fourth-order valence-electron chi connectivity index (χ4n) is 1.90. The van der Waals surface area contributed by atoms with E-state index in [-0.39, 0.29) is 5.91 Å². The highest BCUT2D eigenvalue weighted by Gasteiger charge is 2.19. The van der Waals surface area contributed by atoms with Crippen molar-refractivity contribution in [3.8, 4) is 0 Å². The van der Waals surface area contributed by atoms with Gasteiger partial charge in [0, 0.05) is 11.4 Å². The summed E-state index contributed by atoms with van der Waals surface area (Å²) in [6.07, 6.45) is 2.42. The third-order valence-electron chi connectivity index (χ3n) is 3.04. The van der Waals surface area contributed by atoms with Crippen molar-refractivity contribution < 1.29 is 4.79 Å². The summed E-state index contributed by atoms with van der Waals surface area (Å²) >= 11 is 3.53. The van der Waals surface area contributed by atoms with Crippen molar-refractivity contribution in [3.63, 3.8) is 0 Å². The van der Waals surface area contributed by atoms with E-state index in [2.05, 4.69) is 5.32 Å². The third kappa shape index (κ3) is 3.72. The number of thiophene rings is 1. The van der Waals surface area contributed by atoms with Crippen LogP contribution in [0.4, 0.5) is 0 Å². The van der Waals surface area contributed by atoms with Gasteiger partial charge < -0.3 is 11.1 Å². The summed E-state index contributed by atoms with van der Waals surface area (Å²) in [7, 11) is 0. The highest BCUT2D eigenvalue weighted by atomic mass is 32.2. The molecule has 1 atom stereocenters. The van der Waals surface area contributed by atoms with Crippen LogP contribution in [0.25, 0.3) is 0 Å². The summed E-state index contributed by atoms with van der Waals surface area (Å²) in [5.41, 5.74) is 5.89. The number of hydrogen-bond donors (Lipinski definition) is 2. The topological polar surface area (TPSA) is 55.1 Å². The average Bonchev–Trinajstić information content (AvgIpc) is 2.90. The molecule has 1 aromatic rings. The Morgan fingerprint density at radius 3 is 2.94 bits per heavy atom. The van der Waals surface area contributed by atoms with Gasteiger partial charge in [-0.3, -0.25) is 4.79 Å². The van der Waals surface area contributed by atoms with E-state index in [9.17, 15) is 4.79 Å². The molecule has 5 heteroatoms. The Kier molecular flexibility index (Phi) is 4.88. The van der Waals surface area contributed by atoms with E-state index in [1.807, 2.05) is 29.3 Å². The molecule has 0 aliphatic carbocycles. The normalized spacial score (nSPS) is 18.9. The van der Waals surface area contributed by atoms with Crippen LogP contribution in [0.2, 0.25) is 0 Å². The number of carbonyl (C=O) groups is 1. The highest BCUT2D eigenvalue weighted by molar-refractivity contribution is 7.99. The lowest BCUT2D eigenvalue weighted by atomic mass is 10.0. The van der Waals surface area contributed by atoms with Crippen molar-refractivity contribution in [2.45, 2.75) is 18.9 Å². The van der Waals surface area contributed by atoms with Crippen molar-refractivity contribution in [3.05, 3.63) is 22.4 Å². The second-order valence-electron chi connectivity index (χ2n) is 4.29. The maximum absolute atomic E-state index is 11.8. The van der Waals surface area contributed by atoms with Gasteiger partial charge in [-0.25, -0.2) is 0 Å². The molecule has 2 rings (SSSR count). The molecule has 3 N–H and O–H groups in total. The summed E-state index contributed by atoms with van der Waals surface area (Å²) in [6, 6.07) is 3.32. The van der Waals surface area contributed by atoms with Gasteiger partial charge in [-0.15, -0.1) is 11.3 Å². The van der Waals surface area contributed by atoms with E-state index in [0.717, 1.165) is 11.4 Å². The van der Waals surface area contributed by atoms with Crippen molar-refractivity contribution in [2.24, 2.45) is 11.7 Å². The van der Waals surface area contributed by atoms with Crippen LogP contribution >= 0.6 is 23.1 Å². The van der Waals surface area contributed by atoms with Crippen molar-refractivity contribution in [2.75, 3.05) is 18.1 Å². The molecule has 1 saturated heterocycles. The van der Waals surface area contributed by atoms with Gasteiger partial charge in [-0.05, 0) is 41.7 Å². The van der Waals surface area contributed by atoms with Crippen molar-refractivity contribution >= 4 is 29.0 Å². The fraction of sp³-hybridized carbons (Fsp3) is 0.583. The lowest BCUT2D eigenvalue weighted by Crippen LogP contribution is -2.37. The second kappa shape index (κ2) is 6.42. The molecule has 0 saturated carbocycles. The Bertz CT molecular complexity index is 347. The minimum absolute atomic E-state index is 0.0503. The summed E-state index contributed by atoms with van der Waals surface area (Å²) in [5.74, 6) is 3.02. The SMILES string of the molecule is NC(C(=O)NCC1CCSCC1)c1cccs1. The van der Waals surface area contributed by atoms with Gasteiger partial charge in [0.25, 0.3) is 0 Å². The Morgan fingerprint density at radius 2 is 2.29 bits per heavy atom. The smallest absolute Gasteiger partial charge is 0.242 e. The standard InChI is InChI=1S/C12H18N2OS2/c13-11(10-2-1-5-17-10)12(15)14-8-9-3-6-16-7-4-9/h1-2,5,9,11H,3-4,6-8,13H2,(H,14,15). The molecule has 1 aliphatic heterocycles. The Hall–Kier alpha value is -0.520. The molecule has 0 aromatic carbocycles. The van der Waals surface area contributed by atoms with Crippen LogP contribution in [-0.2, 0) is 4.79 Å². The van der Waals surface area contributed by atoms with Crippen molar-refractivity contribution in [1.29, 1.82) is 0 Å². The minimum atomic E-state index is -0.507. The molecule has 17 heavy (non-hydrogen) atoms. The molecule has 1 aromatic heterocycles. The Labute approximate surface area is 110 Å². The van der Waals surface area contributed by atoms with Crippen LogP contribution in [0, 0.1) is 5.92 Å². The quantitative estimate of drug-likeness (QED) is 0.880. The van der Waals surface area contributed by atoms with Crippen molar-refractivity contribution in [1.82, 2.24) is 5.32 Å². The van der Waals surface area contributed by atoms with Crippen LogP contribution < -0.4 is 11.1 Å². The van der Waals surface area contributed by atoms with Gasteiger partial charge in [0.1, 0.15) is 6.04 Å². The number of thioether (sulfide) groups is 1. The number of hydrogen-bond acceptors (Lipinski definition) is 4. The summed E-state index contributed by atoms with van der Waals surface area (Å²) in [6.45, 7) is 0.776. The lowest BCUT2D eigenvalue weighted by Gasteiger charge is -2.22. The largest absolute Gasteiger partial charge is 0.354 e.